The number of hydrogen-bond donors (Lipinski definition) is 2. The monoisotopic (exact) mass is 323 g/mol. The number of benzene rings is 2. The molecule has 0 aliphatic heterocycles. The van der Waals surface area contributed by atoms with E-state index >= 15 is 0 Å². The minimum absolute atomic E-state index is 0.468. The van der Waals surface area contributed by atoms with Crippen molar-refractivity contribution in [2.24, 2.45) is 10.7 Å². The Hall–Kier alpha value is -2.33. The number of hydrogen-bond acceptors (Lipinski definition) is 2. The fourth-order valence-corrected chi connectivity index (χ4v) is 3.16. The highest BCUT2D eigenvalue weighted by atomic mass is 16.5. The van der Waals surface area contributed by atoms with Crippen LogP contribution in [-0.2, 0) is 30.7 Å². The van der Waals surface area contributed by atoms with Gasteiger partial charge in [0.2, 0.25) is 0 Å². The molecule has 0 spiro atoms. The molecule has 0 fully saturated rings. The van der Waals surface area contributed by atoms with Gasteiger partial charge in [-0.15, -0.1) is 0 Å². The molecule has 0 bridgehead atoms. The van der Waals surface area contributed by atoms with Crippen molar-refractivity contribution in [1.82, 2.24) is 0 Å². The Kier molecular flexibility index (Phi) is 5.49. The van der Waals surface area contributed by atoms with Gasteiger partial charge >= 0.3 is 0 Å². The highest BCUT2D eigenvalue weighted by molar-refractivity contribution is 5.93. The number of anilines is 1. The molecule has 3 rings (SSSR count). The second-order valence-electron chi connectivity index (χ2n) is 6.23. The fourth-order valence-electron chi connectivity index (χ4n) is 3.16. The Bertz CT molecular complexity index is 707. The highest BCUT2D eigenvalue weighted by Gasteiger charge is 2.13. The number of guanidine groups is 1. The molecule has 3 N–H and O–H groups in total. The number of aliphatic imine (C=N–C) groups is 1. The average Bonchev–Trinajstić information content (AvgIpc) is 2.62. The fraction of sp³-hybridized carbons (Fsp3) is 0.350. The van der Waals surface area contributed by atoms with Crippen LogP contribution in [0.25, 0.3) is 0 Å². The predicted molar refractivity (Wildman–Crippen MR) is 99.2 cm³/mol. The van der Waals surface area contributed by atoms with E-state index in [1.165, 1.54) is 24.0 Å². The zero-order valence-corrected chi connectivity index (χ0v) is 14.2. The predicted octanol–water partition coefficient (Wildman–Crippen LogP) is 3.64. The first-order valence-corrected chi connectivity index (χ1v) is 8.51. The second-order valence-corrected chi connectivity index (χ2v) is 6.23. The average molecular weight is 323 g/mol. The summed E-state index contributed by atoms with van der Waals surface area (Å²) in [5.74, 6) is 0.468. The van der Waals surface area contributed by atoms with E-state index in [2.05, 4.69) is 52.8 Å². The molecule has 1 aliphatic rings. The molecule has 0 aromatic heterocycles. The van der Waals surface area contributed by atoms with Crippen LogP contribution in [0.3, 0.4) is 0 Å². The third kappa shape index (κ3) is 4.15. The van der Waals surface area contributed by atoms with Gasteiger partial charge in [0.15, 0.2) is 5.96 Å². The smallest absolute Gasteiger partial charge is 0.193 e. The van der Waals surface area contributed by atoms with Gasteiger partial charge in [-0.2, -0.15) is 0 Å². The van der Waals surface area contributed by atoms with Crippen LogP contribution in [0.2, 0.25) is 0 Å². The quantitative estimate of drug-likeness (QED) is 0.652. The SMILES string of the molecule is COCc1ccc(CN=C(N)Nc2cccc3c2CCCC3)cc1. The van der Waals surface area contributed by atoms with Gasteiger partial charge < -0.3 is 15.8 Å². The molecule has 24 heavy (non-hydrogen) atoms. The van der Waals surface area contributed by atoms with Crippen molar-refractivity contribution in [1.29, 1.82) is 0 Å². The molecular weight excluding hydrogens is 298 g/mol. The van der Waals surface area contributed by atoms with E-state index in [0.717, 1.165) is 29.7 Å². The van der Waals surface area contributed by atoms with E-state index in [4.69, 9.17) is 10.5 Å². The summed E-state index contributed by atoms with van der Waals surface area (Å²) in [5, 5.41) is 3.28. The number of rotatable bonds is 5. The first-order valence-electron chi connectivity index (χ1n) is 8.51. The minimum Gasteiger partial charge on any atom is -0.380 e. The minimum atomic E-state index is 0.468. The first kappa shape index (κ1) is 16.5. The third-order valence-electron chi connectivity index (χ3n) is 4.42. The summed E-state index contributed by atoms with van der Waals surface area (Å²) < 4.78 is 5.12. The number of aryl methyl sites for hydroxylation is 1. The molecule has 2 aromatic carbocycles. The Morgan fingerprint density at radius 1 is 1.08 bits per heavy atom. The van der Waals surface area contributed by atoms with Crippen LogP contribution in [0.5, 0.6) is 0 Å². The van der Waals surface area contributed by atoms with Crippen LogP contribution >= 0.6 is 0 Å². The van der Waals surface area contributed by atoms with Gasteiger partial charge in [-0.05, 0) is 54.0 Å². The van der Waals surface area contributed by atoms with Crippen molar-refractivity contribution in [3.05, 3.63) is 64.7 Å². The number of nitrogens with zero attached hydrogens (tertiary/aromatic N) is 1. The van der Waals surface area contributed by atoms with E-state index in [1.54, 1.807) is 7.11 Å². The van der Waals surface area contributed by atoms with Gasteiger partial charge in [0.05, 0.1) is 13.2 Å². The number of methoxy groups -OCH3 is 1. The largest absolute Gasteiger partial charge is 0.380 e. The van der Waals surface area contributed by atoms with E-state index in [9.17, 15) is 0 Å². The van der Waals surface area contributed by atoms with Crippen molar-refractivity contribution in [2.75, 3.05) is 12.4 Å². The zero-order valence-electron chi connectivity index (χ0n) is 14.2. The standard InChI is InChI=1S/C20H25N3O/c1-24-14-16-11-9-15(10-12-16)13-22-20(21)23-19-8-4-6-17-5-2-3-7-18(17)19/h4,6,8-12H,2-3,5,7,13-14H2,1H3,(H3,21,22,23). The molecule has 4 nitrogen and oxygen atoms in total. The van der Waals surface area contributed by atoms with Crippen LogP contribution in [0.4, 0.5) is 5.69 Å². The lowest BCUT2D eigenvalue weighted by molar-refractivity contribution is 0.185. The maximum absolute atomic E-state index is 6.08. The molecule has 0 radical (unpaired) electrons. The molecule has 1 aliphatic carbocycles. The van der Waals surface area contributed by atoms with Gasteiger partial charge in [-0.3, -0.25) is 0 Å². The van der Waals surface area contributed by atoms with Crippen molar-refractivity contribution < 1.29 is 4.74 Å². The molecule has 2 aromatic rings. The lowest BCUT2D eigenvalue weighted by atomic mass is 9.90. The van der Waals surface area contributed by atoms with Crippen molar-refractivity contribution in [3.63, 3.8) is 0 Å². The molecule has 0 saturated carbocycles. The van der Waals surface area contributed by atoms with E-state index in [0.29, 0.717) is 19.1 Å². The second kappa shape index (κ2) is 7.97. The lowest BCUT2D eigenvalue weighted by Crippen LogP contribution is -2.24. The molecule has 126 valence electrons. The third-order valence-corrected chi connectivity index (χ3v) is 4.42. The van der Waals surface area contributed by atoms with Gasteiger partial charge in [0, 0.05) is 12.8 Å². The van der Waals surface area contributed by atoms with E-state index in [1.807, 2.05) is 0 Å². The normalized spacial score (nSPS) is 14.3. The van der Waals surface area contributed by atoms with Gasteiger partial charge in [0.1, 0.15) is 0 Å². The lowest BCUT2D eigenvalue weighted by Gasteiger charge is -2.19. The summed E-state index contributed by atoms with van der Waals surface area (Å²) in [6, 6.07) is 14.6. The van der Waals surface area contributed by atoms with E-state index < -0.39 is 0 Å². The molecule has 0 heterocycles. The number of fused-ring (bicyclic) bond motifs is 1. The first-order chi connectivity index (χ1) is 11.8. The zero-order chi connectivity index (χ0) is 16.8. The topological polar surface area (TPSA) is 59.6 Å². The number of ether oxygens (including phenoxy) is 1. The molecule has 0 atom stereocenters. The Balaban J connectivity index is 1.64. The maximum Gasteiger partial charge on any atom is 0.193 e. The number of nitrogens with two attached hydrogens (primary N) is 1. The highest BCUT2D eigenvalue weighted by Crippen LogP contribution is 2.27. The summed E-state index contributed by atoms with van der Waals surface area (Å²) in [5.41, 5.74) is 12.3. The molecule has 0 amide bonds. The van der Waals surface area contributed by atoms with Gasteiger partial charge in [0.25, 0.3) is 0 Å². The maximum atomic E-state index is 6.08. The summed E-state index contributed by atoms with van der Waals surface area (Å²) in [6.07, 6.45) is 4.80. The molecule has 0 saturated heterocycles. The molecule has 0 unspecified atom stereocenters. The van der Waals surface area contributed by atoms with Crippen LogP contribution < -0.4 is 11.1 Å². The summed E-state index contributed by atoms with van der Waals surface area (Å²) in [6.45, 7) is 1.20. The summed E-state index contributed by atoms with van der Waals surface area (Å²) in [4.78, 5) is 4.47. The summed E-state index contributed by atoms with van der Waals surface area (Å²) in [7, 11) is 1.70. The van der Waals surface area contributed by atoms with E-state index in [-0.39, 0.29) is 0 Å². The number of nitrogens with one attached hydrogen (secondary N) is 1. The van der Waals surface area contributed by atoms with Gasteiger partial charge in [-0.1, -0.05) is 36.4 Å². The molecular formula is C20H25N3O. The van der Waals surface area contributed by atoms with Crippen molar-refractivity contribution >= 4 is 11.6 Å². The van der Waals surface area contributed by atoms with Crippen LogP contribution in [-0.4, -0.2) is 13.1 Å². The molecule has 4 heteroatoms. The Morgan fingerprint density at radius 3 is 2.62 bits per heavy atom. The van der Waals surface area contributed by atoms with Crippen LogP contribution in [0, 0.1) is 0 Å². The van der Waals surface area contributed by atoms with Crippen molar-refractivity contribution in [2.45, 2.75) is 38.8 Å². The van der Waals surface area contributed by atoms with Crippen LogP contribution in [0.15, 0.2) is 47.5 Å². The summed E-state index contributed by atoms with van der Waals surface area (Å²) >= 11 is 0. The van der Waals surface area contributed by atoms with Crippen molar-refractivity contribution in [3.8, 4) is 0 Å². The Morgan fingerprint density at radius 2 is 1.83 bits per heavy atom. The van der Waals surface area contributed by atoms with Gasteiger partial charge in [-0.25, -0.2) is 4.99 Å². The van der Waals surface area contributed by atoms with Crippen LogP contribution in [0.1, 0.15) is 35.1 Å². The Labute approximate surface area is 143 Å².